The van der Waals surface area contributed by atoms with Crippen molar-refractivity contribution in [2.75, 3.05) is 18.0 Å². The molecular formula is C15H27N3O. The Kier molecular flexibility index (Phi) is 4.86. The van der Waals surface area contributed by atoms with Gasteiger partial charge in [0.2, 0.25) is 0 Å². The molecule has 1 fully saturated rings. The molecule has 1 aliphatic heterocycles. The number of aromatic nitrogens is 1. The minimum Gasteiger partial charge on any atom is -0.432 e. The van der Waals surface area contributed by atoms with Crippen LogP contribution in [0.4, 0.5) is 6.01 Å². The van der Waals surface area contributed by atoms with E-state index in [1.54, 1.807) is 6.26 Å². The predicted octanol–water partition coefficient (Wildman–Crippen LogP) is 3.05. The molecule has 108 valence electrons. The summed E-state index contributed by atoms with van der Waals surface area (Å²) in [5.74, 6) is 1.64. The molecule has 19 heavy (non-hydrogen) atoms. The van der Waals surface area contributed by atoms with Crippen molar-refractivity contribution in [1.29, 1.82) is 0 Å². The van der Waals surface area contributed by atoms with Crippen LogP contribution in [0.25, 0.3) is 0 Å². The monoisotopic (exact) mass is 265 g/mol. The lowest BCUT2D eigenvalue weighted by Gasteiger charge is -2.32. The Hall–Kier alpha value is -1.03. The van der Waals surface area contributed by atoms with Crippen LogP contribution in [0, 0.1) is 11.8 Å². The molecule has 0 aromatic carbocycles. The van der Waals surface area contributed by atoms with Crippen molar-refractivity contribution in [3.05, 3.63) is 12.0 Å². The first-order valence-electron chi connectivity index (χ1n) is 7.49. The Balaban J connectivity index is 1.86. The molecule has 0 bridgehead atoms. The Morgan fingerprint density at radius 1 is 1.32 bits per heavy atom. The van der Waals surface area contributed by atoms with Gasteiger partial charge < -0.3 is 14.6 Å². The summed E-state index contributed by atoms with van der Waals surface area (Å²) in [5, 5.41) is 3.36. The van der Waals surface area contributed by atoms with Gasteiger partial charge in [-0.25, -0.2) is 0 Å². The Morgan fingerprint density at radius 3 is 2.58 bits per heavy atom. The topological polar surface area (TPSA) is 41.3 Å². The fourth-order valence-electron chi connectivity index (χ4n) is 2.59. The van der Waals surface area contributed by atoms with Gasteiger partial charge in [0.1, 0.15) is 6.26 Å². The molecule has 1 aromatic heterocycles. The lowest BCUT2D eigenvalue weighted by molar-refractivity contribution is 0.304. The summed E-state index contributed by atoms with van der Waals surface area (Å²) in [6, 6.07) is 1.27. The smallest absolute Gasteiger partial charge is 0.297 e. The van der Waals surface area contributed by atoms with Gasteiger partial charge in [-0.05, 0) is 24.7 Å². The zero-order valence-electron chi connectivity index (χ0n) is 12.6. The Labute approximate surface area is 116 Å². The average Bonchev–Trinajstić information content (AvgIpc) is 2.85. The quantitative estimate of drug-likeness (QED) is 0.888. The Bertz CT molecular complexity index is 378. The van der Waals surface area contributed by atoms with Crippen LogP contribution in [0.1, 0.15) is 46.2 Å². The number of rotatable bonds is 5. The summed E-state index contributed by atoms with van der Waals surface area (Å²) in [5.41, 5.74) is 0.995. The van der Waals surface area contributed by atoms with Gasteiger partial charge in [-0.1, -0.05) is 27.7 Å². The van der Waals surface area contributed by atoms with E-state index in [9.17, 15) is 0 Å². The molecule has 0 radical (unpaired) electrons. The lowest BCUT2D eigenvalue weighted by Crippen LogP contribution is -2.35. The third-order valence-corrected chi connectivity index (χ3v) is 3.98. The summed E-state index contributed by atoms with van der Waals surface area (Å²) in [6.45, 7) is 11.8. The molecule has 4 heteroatoms. The van der Waals surface area contributed by atoms with Gasteiger partial charge in [0.05, 0.1) is 5.69 Å². The summed E-state index contributed by atoms with van der Waals surface area (Å²) in [6.07, 6.45) is 4.28. The summed E-state index contributed by atoms with van der Waals surface area (Å²) < 4.78 is 5.61. The lowest BCUT2D eigenvalue weighted by atomic mass is 9.87. The van der Waals surface area contributed by atoms with E-state index in [0.717, 1.165) is 43.2 Å². The first kappa shape index (κ1) is 14.4. The third-order valence-electron chi connectivity index (χ3n) is 3.98. The van der Waals surface area contributed by atoms with Crippen molar-refractivity contribution in [3.8, 4) is 0 Å². The molecule has 0 atom stereocenters. The van der Waals surface area contributed by atoms with Gasteiger partial charge in [0, 0.05) is 25.7 Å². The zero-order valence-corrected chi connectivity index (χ0v) is 12.6. The molecule has 1 aliphatic rings. The normalized spacial score (nSPS) is 17.7. The van der Waals surface area contributed by atoms with Crippen molar-refractivity contribution < 1.29 is 4.42 Å². The SMILES string of the molecule is CC(C)NCc1coc(N2CCC(C(C)C)CC2)n1. The standard InChI is InChI=1S/C15H27N3O/c1-11(2)13-5-7-18(8-6-13)15-17-14(10-19-15)9-16-12(3)4/h10-13,16H,5-9H2,1-4H3. The molecule has 0 spiro atoms. The van der Waals surface area contributed by atoms with E-state index in [1.807, 2.05) is 0 Å². The van der Waals surface area contributed by atoms with Crippen LogP contribution in [-0.4, -0.2) is 24.1 Å². The van der Waals surface area contributed by atoms with Crippen LogP contribution in [0.2, 0.25) is 0 Å². The minimum atomic E-state index is 0.474. The number of oxazole rings is 1. The molecule has 0 saturated carbocycles. The maximum Gasteiger partial charge on any atom is 0.297 e. The number of hydrogen-bond acceptors (Lipinski definition) is 4. The number of piperidine rings is 1. The van der Waals surface area contributed by atoms with Gasteiger partial charge in [-0.2, -0.15) is 4.98 Å². The first-order chi connectivity index (χ1) is 9.06. The van der Waals surface area contributed by atoms with Crippen molar-refractivity contribution in [3.63, 3.8) is 0 Å². The second-order valence-electron chi connectivity index (χ2n) is 6.23. The van der Waals surface area contributed by atoms with Crippen molar-refractivity contribution >= 4 is 6.01 Å². The molecule has 4 nitrogen and oxygen atoms in total. The summed E-state index contributed by atoms with van der Waals surface area (Å²) in [7, 11) is 0. The third kappa shape index (κ3) is 3.96. The van der Waals surface area contributed by atoms with E-state index in [0.29, 0.717) is 6.04 Å². The van der Waals surface area contributed by atoms with Crippen molar-refractivity contribution in [2.45, 2.75) is 53.1 Å². The van der Waals surface area contributed by atoms with E-state index in [4.69, 9.17) is 4.42 Å². The highest BCUT2D eigenvalue weighted by molar-refractivity contribution is 5.27. The van der Waals surface area contributed by atoms with Crippen LogP contribution in [0.15, 0.2) is 10.7 Å². The number of nitrogens with zero attached hydrogens (tertiary/aromatic N) is 2. The molecule has 0 unspecified atom stereocenters. The second-order valence-corrected chi connectivity index (χ2v) is 6.23. The molecule has 0 aliphatic carbocycles. The molecule has 1 saturated heterocycles. The summed E-state index contributed by atoms with van der Waals surface area (Å²) in [4.78, 5) is 6.85. The van der Waals surface area contributed by atoms with E-state index in [2.05, 4.69) is 42.9 Å². The molecule has 1 aromatic rings. The predicted molar refractivity (Wildman–Crippen MR) is 78.3 cm³/mol. The van der Waals surface area contributed by atoms with Crippen LogP contribution >= 0.6 is 0 Å². The highest BCUT2D eigenvalue weighted by Crippen LogP contribution is 2.27. The second kappa shape index (κ2) is 6.42. The highest BCUT2D eigenvalue weighted by atomic mass is 16.4. The van der Waals surface area contributed by atoms with E-state index >= 15 is 0 Å². The minimum absolute atomic E-state index is 0.474. The van der Waals surface area contributed by atoms with Gasteiger partial charge in [-0.3, -0.25) is 0 Å². The zero-order chi connectivity index (χ0) is 13.8. The fraction of sp³-hybridized carbons (Fsp3) is 0.800. The van der Waals surface area contributed by atoms with Crippen LogP contribution < -0.4 is 10.2 Å². The van der Waals surface area contributed by atoms with Crippen LogP contribution in [0.3, 0.4) is 0 Å². The summed E-state index contributed by atoms with van der Waals surface area (Å²) >= 11 is 0. The average molecular weight is 265 g/mol. The number of hydrogen-bond donors (Lipinski definition) is 1. The molecular weight excluding hydrogens is 238 g/mol. The maximum absolute atomic E-state index is 5.61. The van der Waals surface area contributed by atoms with Gasteiger partial charge in [0.15, 0.2) is 0 Å². The van der Waals surface area contributed by atoms with E-state index < -0.39 is 0 Å². The van der Waals surface area contributed by atoms with Crippen LogP contribution in [0.5, 0.6) is 0 Å². The first-order valence-corrected chi connectivity index (χ1v) is 7.49. The molecule has 2 heterocycles. The molecule has 2 rings (SSSR count). The Morgan fingerprint density at radius 2 is 2.00 bits per heavy atom. The van der Waals surface area contributed by atoms with Crippen LogP contribution in [-0.2, 0) is 6.54 Å². The largest absolute Gasteiger partial charge is 0.432 e. The van der Waals surface area contributed by atoms with Gasteiger partial charge in [0.25, 0.3) is 6.01 Å². The van der Waals surface area contributed by atoms with Gasteiger partial charge >= 0.3 is 0 Å². The van der Waals surface area contributed by atoms with Gasteiger partial charge in [-0.15, -0.1) is 0 Å². The molecule has 1 N–H and O–H groups in total. The van der Waals surface area contributed by atoms with Crippen molar-refractivity contribution in [1.82, 2.24) is 10.3 Å². The number of anilines is 1. The van der Waals surface area contributed by atoms with Crippen molar-refractivity contribution in [2.24, 2.45) is 11.8 Å². The number of nitrogens with one attached hydrogen (secondary N) is 1. The van der Waals surface area contributed by atoms with E-state index in [1.165, 1.54) is 12.8 Å². The molecule has 0 amide bonds. The highest BCUT2D eigenvalue weighted by Gasteiger charge is 2.24. The maximum atomic E-state index is 5.61. The fourth-order valence-corrected chi connectivity index (χ4v) is 2.59. The van der Waals surface area contributed by atoms with E-state index in [-0.39, 0.29) is 0 Å².